The molecule has 90 valence electrons. The Morgan fingerprint density at radius 3 is 2.71 bits per heavy atom. The topological polar surface area (TPSA) is 44.1 Å². The highest BCUT2D eigenvalue weighted by molar-refractivity contribution is 5.79. The molecule has 1 aromatic rings. The number of nitriles is 1. The van der Waals surface area contributed by atoms with Gasteiger partial charge in [-0.3, -0.25) is 4.79 Å². The SMILES string of the molecule is CCN(CCC#N)C(=O)Cc1ccccc1C. The number of nitrogens with zero attached hydrogens (tertiary/aromatic N) is 2. The molecule has 0 atom stereocenters. The summed E-state index contributed by atoms with van der Waals surface area (Å²) in [4.78, 5) is 13.8. The molecular weight excluding hydrogens is 212 g/mol. The third-order valence-electron chi connectivity index (χ3n) is 2.83. The van der Waals surface area contributed by atoms with Gasteiger partial charge in [0.2, 0.25) is 5.91 Å². The molecule has 1 aromatic carbocycles. The average molecular weight is 230 g/mol. The van der Waals surface area contributed by atoms with E-state index in [1.807, 2.05) is 38.1 Å². The van der Waals surface area contributed by atoms with E-state index in [0.29, 0.717) is 25.9 Å². The van der Waals surface area contributed by atoms with Crippen molar-refractivity contribution in [2.24, 2.45) is 0 Å². The summed E-state index contributed by atoms with van der Waals surface area (Å²) in [5.41, 5.74) is 2.20. The summed E-state index contributed by atoms with van der Waals surface area (Å²) in [5, 5.41) is 8.54. The zero-order chi connectivity index (χ0) is 12.7. The van der Waals surface area contributed by atoms with Crippen LogP contribution in [0.25, 0.3) is 0 Å². The van der Waals surface area contributed by atoms with Crippen molar-refractivity contribution in [1.29, 1.82) is 5.26 Å². The van der Waals surface area contributed by atoms with Crippen LogP contribution < -0.4 is 0 Å². The van der Waals surface area contributed by atoms with Crippen LogP contribution in [0.3, 0.4) is 0 Å². The van der Waals surface area contributed by atoms with Crippen molar-refractivity contribution in [3.63, 3.8) is 0 Å². The number of carbonyl (C=O) groups is 1. The van der Waals surface area contributed by atoms with Crippen LogP contribution >= 0.6 is 0 Å². The van der Waals surface area contributed by atoms with Crippen LogP contribution in [0.5, 0.6) is 0 Å². The molecule has 0 bridgehead atoms. The van der Waals surface area contributed by atoms with Gasteiger partial charge in [-0.05, 0) is 25.0 Å². The second-order valence-electron chi connectivity index (χ2n) is 3.98. The van der Waals surface area contributed by atoms with Crippen LogP contribution in [0.4, 0.5) is 0 Å². The lowest BCUT2D eigenvalue weighted by atomic mass is 10.1. The molecule has 0 aliphatic heterocycles. The molecule has 0 unspecified atom stereocenters. The van der Waals surface area contributed by atoms with Gasteiger partial charge in [0, 0.05) is 13.1 Å². The number of aryl methyl sites for hydroxylation is 1. The zero-order valence-corrected chi connectivity index (χ0v) is 10.4. The summed E-state index contributed by atoms with van der Waals surface area (Å²) in [6.07, 6.45) is 0.819. The number of rotatable bonds is 5. The van der Waals surface area contributed by atoms with Crippen molar-refractivity contribution in [1.82, 2.24) is 4.90 Å². The second kappa shape index (κ2) is 6.70. The molecule has 17 heavy (non-hydrogen) atoms. The van der Waals surface area contributed by atoms with Crippen molar-refractivity contribution in [2.45, 2.75) is 26.7 Å². The van der Waals surface area contributed by atoms with Gasteiger partial charge in [0.25, 0.3) is 0 Å². The molecule has 0 heterocycles. The normalized spacial score (nSPS) is 9.71. The predicted molar refractivity (Wildman–Crippen MR) is 67.4 cm³/mol. The van der Waals surface area contributed by atoms with Crippen LogP contribution in [0.2, 0.25) is 0 Å². The van der Waals surface area contributed by atoms with E-state index in [9.17, 15) is 4.79 Å². The van der Waals surface area contributed by atoms with Crippen molar-refractivity contribution in [3.8, 4) is 6.07 Å². The molecule has 1 rings (SSSR count). The first-order chi connectivity index (χ1) is 8.19. The van der Waals surface area contributed by atoms with Gasteiger partial charge >= 0.3 is 0 Å². The van der Waals surface area contributed by atoms with Gasteiger partial charge < -0.3 is 4.90 Å². The predicted octanol–water partition coefficient (Wildman–Crippen LogP) is 2.30. The first-order valence-electron chi connectivity index (χ1n) is 5.88. The summed E-state index contributed by atoms with van der Waals surface area (Å²) < 4.78 is 0. The minimum absolute atomic E-state index is 0.0945. The lowest BCUT2D eigenvalue weighted by Crippen LogP contribution is -2.33. The molecular formula is C14H18N2O. The number of amides is 1. The monoisotopic (exact) mass is 230 g/mol. The van der Waals surface area contributed by atoms with Gasteiger partial charge in [0.05, 0.1) is 18.9 Å². The molecule has 0 spiro atoms. The van der Waals surface area contributed by atoms with Gasteiger partial charge in [0.15, 0.2) is 0 Å². The molecule has 0 saturated carbocycles. The zero-order valence-electron chi connectivity index (χ0n) is 10.4. The Morgan fingerprint density at radius 2 is 2.12 bits per heavy atom. The quantitative estimate of drug-likeness (QED) is 0.779. The van der Waals surface area contributed by atoms with Crippen LogP contribution in [0.1, 0.15) is 24.5 Å². The molecule has 0 N–H and O–H groups in total. The Morgan fingerprint density at radius 1 is 1.41 bits per heavy atom. The molecule has 3 heteroatoms. The minimum Gasteiger partial charge on any atom is -0.342 e. The largest absolute Gasteiger partial charge is 0.342 e. The fraction of sp³-hybridized carbons (Fsp3) is 0.429. The first kappa shape index (κ1) is 13.2. The minimum atomic E-state index is 0.0945. The Kier molecular flexibility index (Phi) is 5.22. The molecule has 0 fully saturated rings. The number of hydrogen-bond donors (Lipinski definition) is 0. The van der Waals surface area contributed by atoms with E-state index in [-0.39, 0.29) is 5.91 Å². The van der Waals surface area contributed by atoms with Crippen LogP contribution in [-0.2, 0) is 11.2 Å². The van der Waals surface area contributed by atoms with Crippen molar-refractivity contribution >= 4 is 5.91 Å². The van der Waals surface area contributed by atoms with E-state index in [0.717, 1.165) is 11.1 Å². The van der Waals surface area contributed by atoms with E-state index in [4.69, 9.17) is 5.26 Å². The van der Waals surface area contributed by atoms with E-state index in [1.54, 1.807) is 4.90 Å². The highest BCUT2D eigenvalue weighted by Gasteiger charge is 2.12. The summed E-state index contributed by atoms with van der Waals surface area (Å²) in [6, 6.07) is 9.97. The van der Waals surface area contributed by atoms with Crippen LogP contribution in [0, 0.1) is 18.3 Å². The lowest BCUT2D eigenvalue weighted by Gasteiger charge is -2.19. The summed E-state index contributed by atoms with van der Waals surface area (Å²) in [7, 11) is 0. The Hall–Kier alpha value is -1.82. The van der Waals surface area contributed by atoms with Crippen molar-refractivity contribution < 1.29 is 4.79 Å². The summed E-state index contributed by atoms with van der Waals surface area (Å²) in [5.74, 6) is 0.0945. The maximum Gasteiger partial charge on any atom is 0.227 e. The molecule has 0 aliphatic rings. The maximum absolute atomic E-state index is 12.0. The van der Waals surface area contributed by atoms with Gasteiger partial charge in [-0.1, -0.05) is 24.3 Å². The second-order valence-corrected chi connectivity index (χ2v) is 3.98. The first-order valence-corrected chi connectivity index (χ1v) is 5.88. The van der Waals surface area contributed by atoms with Crippen molar-refractivity contribution in [2.75, 3.05) is 13.1 Å². The highest BCUT2D eigenvalue weighted by Crippen LogP contribution is 2.09. The summed E-state index contributed by atoms with van der Waals surface area (Å²) >= 11 is 0. The number of benzene rings is 1. The Labute approximate surface area is 103 Å². The van der Waals surface area contributed by atoms with Gasteiger partial charge in [0.1, 0.15) is 0 Å². The third kappa shape index (κ3) is 3.92. The molecule has 0 aliphatic carbocycles. The van der Waals surface area contributed by atoms with E-state index in [1.165, 1.54) is 0 Å². The average Bonchev–Trinajstić information content (AvgIpc) is 2.33. The highest BCUT2D eigenvalue weighted by atomic mass is 16.2. The maximum atomic E-state index is 12.0. The third-order valence-corrected chi connectivity index (χ3v) is 2.83. The smallest absolute Gasteiger partial charge is 0.227 e. The van der Waals surface area contributed by atoms with Crippen molar-refractivity contribution in [3.05, 3.63) is 35.4 Å². The number of carbonyl (C=O) groups excluding carboxylic acids is 1. The molecule has 1 amide bonds. The van der Waals surface area contributed by atoms with E-state index < -0.39 is 0 Å². The molecule has 0 radical (unpaired) electrons. The standard InChI is InChI=1S/C14H18N2O/c1-3-16(10-6-9-15)14(17)11-13-8-5-4-7-12(13)2/h4-5,7-8H,3,6,10-11H2,1-2H3. The van der Waals surface area contributed by atoms with Gasteiger partial charge in [-0.2, -0.15) is 5.26 Å². The van der Waals surface area contributed by atoms with Gasteiger partial charge in [-0.25, -0.2) is 0 Å². The summed E-state index contributed by atoms with van der Waals surface area (Å²) in [6.45, 7) is 5.13. The number of likely N-dealkylation sites (N-methyl/N-ethyl adjacent to an activating group) is 1. The fourth-order valence-corrected chi connectivity index (χ4v) is 1.73. The number of hydrogen-bond acceptors (Lipinski definition) is 2. The Bertz CT molecular complexity index is 420. The fourth-order valence-electron chi connectivity index (χ4n) is 1.73. The van der Waals surface area contributed by atoms with Crippen LogP contribution in [0.15, 0.2) is 24.3 Å². The molecule has 0 aromatic heterocycles. The Balaban J connectivity index is 2.65. The van der Waals surface area contributed by atoms with Crippen LogP contribution in [-0.4, -0.2) is 23.9 Å². The molecule has 3 nitrogen and oxygen atoms in total. The van der Waals surface area contributed by atoms with Gasteiger partial charge in [-0.15, -0.1) is 0 Å². The lowest BCUT2D eigenvalue weighted by molar-refractivity contribution is -0.130. The van der Waals surface area contributed by atoms with E-state index in [2.05, 4.69) is 6.07 Å². The van der Waals surface area contributed by atoms with E-state index >= 15 is 0 Å². The molecule has 0 saturated heterocycles.